The first-order chi connectivity index (χ1) is 12.6. The van der Waals surface area contributed by atoms with Gasteiger partial charge in [-0.1, -0.05) is 104 Å². The van der Waals surface area contributed by atoms with Crippen molar-refractivity contribution in [1.29, 1.82) is 0 Å². The van der Waals surface area contributed by atoms with Crippen molar-refractivity contribution < 1.29 is 0 Å². The molecule has 0 spiro atoms. The standard InChI is InChI=1S/C25H47N/c1-7-13-19-26(20-14-8-2)21-17-24-16-15-18-25(24,22(9-3)10-4)23(11-5)12-6/h15-16,18,22-23H,7-14,17,19-21H2,1-6H3. The Labute approximate surface area is 165 Å². The fourth-order valence-electron chi connectivity index (χ4n) is 5.31. The van der Waals surface area contributed by atoms with Crippen LogP contribution in [0.2, 0.25) is 0 Å². The van der Waals surface area contributed by atoms with Crippen LogP contribution >= 0.6 is 0 Å². The molecule has 1 nitrogen and oxygen atoms in total. The van der Waals surface area contributed by atoms with Crippen LogP contribution in [-0.4, -0.2) is 24.5 Å². The second-order valence-electron chi connectivity index (χ2n) is 8.31. The Kier molecular flexibility index (Phi) is 11.5. The number of nitrogens with zero attached hydrogens (tertiary/aromatic N) is 1. The molecule has 0 heterocycles. The second kappa shape index (κ2) is 12.8. The molecule has 0 aromatic carbocycles. The van der Waals surface area contributed by atoms with E-state index in [1.165, 1.54) is 77.4 Å². The highest BCUT2D eigenvalue weighted by atomic mass is 15.1. The normalized spacial score (nSPS) is 16.3. The van der Waals surface area contributed by atoms with Gasteiger partial charge in [-0.3, -0.25) is 0 Å². The zero-order valence-electron chi connectivity index (χ0n) is 18.8. The lowest BCUT2D eigenvalue weighted by molar-refractivity contribution is 0.147. The number of allylic oxidation sites excluding steroid dienone is 3. The van der Waals surface area contributed by atoms with Crippen molar-refractivity contribution in [2.75, 3.05) is 19.6 Å². The zero-order valence-corrected chi connectivity index (χ0v) is 18.8. The monoisotopic (exact) mass is 361 g/mol. The van der Waals surface area contributed by atoms with Crippen LogP contribution in [-0.2, 0) is 0 Å². The van der Waals surface area contributed by atoms with E-state index in [1.807, 2.05) is 0 Å². The molecule has 0 saturated carbocycles. The molecule has 152 valence electrons. The third-order valence-electron chi connectivity index (χ3n) is 6.90. The molecule has 0 unspecified atom stereocenters. The Balaban J connectivity index is 2.93. The van der Waals surface area contributed by atoms with Gasteiger partial charge < -0.3 is 4.90 Å². The fraction of sp³-hybridized carbons (Fsp3) is 0.840. The van der Waals surface area contributed by atoms with Crippen molar-refractivity contribution >= 4 is 0 Å². The molecule has 0 aromatic heterocycles. The van der Waals surface area contributed by atoms with Gasteiger partial charge in [-0.15, -0.1) is 0 Å². The van der Waals surface area contributed by atoms with Gasteiger partial charge in [0.2, 0.25) is 0 Å². The van der Waals surface area contributed by atoms with Crippen LogP contribution in [0.25, 0.3) is 0 Å². The summed E-state index contributed by atoms with van der Waals surface area (Å²) in [6, 6.07) is 0. The Morgan fingerprint density at radius 3 is 1.69 bits per heavy atom. The van der Waals surface area contributed by atoms with Crippen LogP contribution in [0.15, 0.2) is 23.8 Å². The lowest BCUT2D eigenvalue weighted by atomic mass is 9.59. The van der Waals surface area contributed by atoms with Gasteiger partial charge in [-0.05, 0) is 44.2 Å². The van der Waals surface area contributed by atoms with Gasteiger partial charge in [-0.2, -0.15) is 0 Å². The van der Waals surface area contributed by atoms with Gasteiger partial charge in [-0.25, -0.2) is 0 Å². The van der Waals surface area contributed by atoms with E-state index in [2.05, 4.69) is 64.7 Å². The van der Waals surface area contributed by atoms with Gasteiger partial charge in [0.05, 0.1) is 0 Å². The van der Waals surface area contributed by atoms with E-state index in [0.29, 0.717) is 5.41 Å². The zero-order chi connectivity index (χ0) is 19.4. The third kappa shape index (κ3) is 5.72. The van der Waals surface area contributed by atoms with Crippen molar-refractivity contribution in [3.8, 4) is 0 Å². The molecule has 1 heteroatoms. The Morgan fingerprint density at radius 1 is 0.769 bits per heavy atom. The van der Waals surface area contributed by atoms with Gasteiger partial charge in [0, 0.05) is 12.0 Å². The summed E-state index contributed by atoms with van der Waals surface area (Å²) in [4.78, 5) is 2.73. The molecule has 0 aliphatic heterocycles. The number of hydrogen-bond donors (Lipinski definition) is 0. The van der Waals surface area contributed by atoms with Crippen molar-refractivity contribution in [2.45, 2.75) is 99.3 Å². The minimum absolute atomic E-state index is 0.328. The van der Waals surface area contributed by atoms with Crippen molar-refractivity contribution in [3.63, 3.8) is 0 Å². The Hall–Kier alpha value is -0.560. The molecule has 1 aliphatic rings. The molecule has 0 fully saturated rings. The topological polar surface area (TPSA) is 3.24 Å². The van der Waals surface area contributed by atoms with E-state index in [-0.39, 0.29) is 0 Å². The molecule has 1 rings (SSSR count). The second-order valence-corrected chi connectivity index (χ2v) is 8.31. The molecule has 0 aromatic rings. The summed E-state index contributed by atoms with van der Waals surface area (Å²) < 4.78 is 0. The molecule has 0 atom stereocenters. The maximum absolute atomic E-state index is 2.73. The molecule has 26 heavy (non-hydrogen) atoms. The van der Waals surface area contributed by atoms with E-state index in [4.69, 9.17) is 0 Å². The summed E-state index contributed by atoms with van der Waals surface area (Å²) in [6.45, 7) is 18.0. The van der Waals surface area contributed by atoms with Gasteiger partial charge in [0.25, 0.3) is 0 Å². The van der Waals surface area contributed by atoms with Crippen LogP contribution in [0.3, 0.4) is 0 Å². The highest BCUT2D eigenvalue weighted by molar-refractivity contribution is 5.36. The summed E-state index contributed by atoms with van der Waals surface area (Å²) in [7, 11) is 0. The summed E-state index contributed by atoms with van der Waals surface area (Å²) in [5, 5.41) is 0. The average Bonchev–Trinajstić information content (AvgIpc) is 3.07. The van der Waals surface area contributed by atoms with Crippen molar-refractivity contribution in [2.24, 2.45) is 17.3 Å². The quantitative estimate of drug-likeness (QED) is 0.290. The summed E-state index contributed by atoms with van der Waals surface area (Å²) in [5.74, 6) is 1.58. The molecule has 0 N–H and O–H groups in total. The minimum Gasteiger partial charge on any atom is -0.303 e. The van der Waals surface area contributed by atoms with E-state index in [0.717, 1.165) is 11.8 Å². The lowest BCUT2D eigenvalue weighted by Gasteiger charge is -2.45. The third-order valence-corrected chi connectivity index (χ3v) is 6.90. The highest BCUT2D eigenvalue weighted by Crippen LogP contribution is 2.53. The van der Waals surface area contributed by atoms with Crippen LogP contribution in [0.1, 0.15) is 99.3 Å². The van der Waals surface area contributed by atoms with Crippen LogP contribution in [0.5, 0.6) is 0 Å². The molecular weight excluding hydrogens is 314 g/mol. The summed E-state index contributed by atoms with van der Waals surface area (Å²) in [5.41, 5.74) is 2.06. The van der Waals surface area contributed by atoms with Gasteiger partial charge >= 0.3 is 0 Å². The van der Waals surface area contributed by atoms with E-state index in [9.17, 15) is 0 Å². The van der Waals surface area contributed by atoms with E-state index < -0.39 is 0 Å². The molecule has 0 amide bonds. The van der Waals surface area contributed by atoms with Crippen LogP contribution < -0.4 is 0 Å². The van der Waals surface area contributed by atoms with Crippen molar-refractivity contribution in [1.82, 2.24) is 4.90 Å². The number of rotatable bonds is 15. The number of hydrogen-bond acceptors (Lipinski definition) is 1. The summed E-state index contributed by atoms with van der Waals surface area (Å²) in [6.07, 6.45) is 19.2. The Morgan fingerprint density at radius 2 is 1.27 bits per heavy atom. The Bertz CT molecular complexity index is 392. The SMILES string of the molecule is CCCCN(CCCC)CCC1=CC=CC1(C(CC)CC)C(CC)CC. The van der Waals surface area contributed by atoms with Crippen LogP contribution in [0.4, 0.5) is 0 Å². The largest absolute Gasteiger partial charge is 0.303 e. The average molecular weight is 362 g/mol. The van der Waals surface area contributed by atoms with E-state index >= 15 is 0 Å². The van der Waals surface area contributed by atoms with Gasteiger partial charge in [0.1, 0.15) is 0 Å². The lowest BCUT2D eigenvalue weighted by Crippen LogP contribution is -2.38. The molecule has 0 bridgehead atoms. The smallest absolute Gasteiger partial charge is 0.0153 e. The first-order valence-electron chi connectivity index (χ1n) is 11.7. The summed E-state index contributed by atoms with van der Waals surface area (Å²) >= 11 is 0. The molecule has 0 saturated heterocycles. The predicted octanol–water partition coefficient (Wildman–Crippen LogP) is 7.63. The maximum Gasteiger partial charge on any atom is 0.0153 e. The predicted molar refractivity (Wildman–Crippen MR) is 119 cm³/mol. The molecular formula is C25H47N. The minimum atomic E-state index is 0.328. The molecule has 0 radical (unpaired) electrons. The fourth-order valence-corrected chi connectivity index (χ4v) is 5.31. The molecule has 1 aliphatic carbocycles. The van der Waals surface area contributed by atoms with Crippen LogP contribution in [0, 0.1) is 17.3 Å². The highest BCUT2D eigenvalue weighted by Gasteiger charge is 2.44. The number of unbranched alkanes of at least 4 members (excludes halogenated alkanes) is 2. The maximum atomic E-state index is 2.73. The first kappa shape index (κ1) is 23.5. The van der Waals surface area contributed by atoms with Gasteiger partial charge in [0.15, 0.2) is 0 Å². The first-order valence-corrected chi connectivity index (χ1v) is 11.7. The van der Waals surface area contributed by atoms with E-state index in [1.54, 1.807) is 5.57 Å². The van der Waals surface area contributed by atoms with Crippen molar-refractivity contribution in [3.05, 3.63) is 23.8 Å².